The Morgan fingerprint density at radius 2 is 1.36 bits per heavy atom. The maximum Gasteiger partial charge on any atom is 0.347 e. The summed E-state index contributed by atoms with van der Waals surface area (Å²) in [5.41, 5.74) is 3.50. The van der Waals surface area contributed by atoms with Crippen molar-refractivity contribution in [3.8, 4) is 11.3 Å². The fraction of sp³-hybridized carbons (Fsp3) is 0.105. The monoisotopic (exact) mass is 290 g/mol. The first-order chi connectivity index (χ1) is 10.6. The van der Waals surface area contributed by atoms with Crippen LogP contribution in [0.15, 0.2) is 62.2 Å². The van der Waals surface area contributed by atoms with Crippen molar-refractivity contribution < 1.29 is 8.83 Å². The molecule has 0 atom stereocenters. The zero-order valence-electron chi connectivity index (χ0n) is 12.3. The molecule has 2 heterocycles. The molecule has 0 saturated heterocycles. The second-order valence-corrected chi connectivity index (χ2v) is 5.54. The molecule has 0 amide bonds. The minimum Gasteiger partial charge on any atom is -0.456 e. The van der Waals surface area contributed by atoms with Crippen molar-refractivity contribution >= 4 is 21.9 Å². The molecule has 0 N–H and O–H groups in total. The summed E-state index contributed by atoms with van der Waals surface area (Å²) in [5.74, 6) is 0.543. The van der Waals surface area contributed by atoms with Gasteiger partial charge in [0.1, 0.15) is 22.5 Å². The van der Waals surface area contributed by atoms with Crippen LogP contribution in [0.2, 0.25) is 0 Å². The summed E-state index contributed by atoms with van der Waals surface area (Å²) in [4.78, 5) is 12.3. The van der Waals surface area contributed by atoms with Gasteiger partial charge in [-0.3, -0.25) is 0 Å². The highest BCUT2D eigenvalue weighted by Gasteiger charge is 2.14. The lowest BCUT2D eigenvalue weighted by atomic mass is 10.1. The highest BCUT2D eigenvalue weighted by Crippen LogP contribution is 2.29. The molecule has 0 aliphatic carbocycles. The molecule has 0 aliphatic rings. The topological polar surface area (TPSA) is 43.4 Å². The second kappa shape index (κ2) is 4.60. The van der Waals surface area contributed by atoms with Gasteiger partial charge >= 0.3 is 5.63 Å². The maximum absolute atomic E-state index is 12.3. The number of furan rings is 1. The molecule has 22 heavy (non-hydrogen) atoms. The molecular formula is C19H14O3. The van der Waals surface area contributed by atoms with Gasteiger partial charge in [0.15, 0.2) is 0 Å². The van der Waals surface area contributed by atoms with Gasteiger partial charge in [0.2, 0.25) is 0 Å². The third-order valence-corrected chi connectivity index (χ3v) is 3.96. The molecule has 3 heteroatoms. The van der Waals surface area contributed by atoms with Crippen molar-refractivity contribution in [2.24, 2.45) is 0 Å². The molecular weight excluding hydrogens is 276 g/mol. The summed E-state index contributed by atoms with van der Waals surface area (Å²) in [5, 5.41) is 1.88. The largest absolute Gasteiger partial charge is 0.456 e. The van der Waals surface area contributed by atoms with Gasteiger partial charge in [0, 0.05) is 10.8 Å². The Hall–Kier alpha value is -2.81. The van der Waals surface area contributed by atoms with Crippen molar-refractivity contribution in [3.05, 3.63) is 70.1 Å². The Labute approximate surface area is 126 Å². The van der Waals surface area contributed by atoms with E-state index < -0.39 is 0 Å². The van der Waals surface area contributed by atoms with Crippen molar-refractivity contribution in [1.29, 1.82) is 0 Å². The van der Waals surface area contributed by atoms with E-state index in [4.69, 9.17) is 8.83 Å². The average molecular weight is 290 g/mol. The van der Waals surface area contributed by atoms with Crippen LogP contribution in [0.1, 0.15) is 11.1 Å². The van der Waals surface area contributed by atoms with E-state index in [-0.39, 0.29) is 5.63 Å². The zero-order chi connectivity index (χ0) is 15.3. The SMILES string of the molecule is Cc1cccc2cc(-c3cc4cccc(C)c4oc3=O)oc12. The van der Waals surface area contributed by atoms with Gasteiger partial charge in [-0.15, -0.1) is 0 Å². The van der Waals surface area contributed by atoms with Crippen LogP contribution in [0, 0.1) is 13.8 Å². The van der Waals surface area contributed by atoms with Crippen molar-refractivity contribution in [2.45, 2.75) is 13.8 Å². The molecule has 0 aliphatic heterocycles. The first kappa shape index (κ1) is 12.9. The summed E-state index contributed by atoms with van der Waals surface area (Å²) in [6, 6.07) is 15.5. The quantitative estimate of drug-likeness (QED) is 0.472. The predicted octanol–water partition coefficient (Wildman–Crippen LogP) is 4.82. The molecule has 0 bridgehead atoms. The van der Waals surface area contributed by atoms with Gasteiger partial charge in [-0.2, -0.15) is 0 Å². The Balaban J connectivity index is 2.01. The minimum atomic E-state index is -0.376. The molecule has 0 saturated carbocycles. The third kappa shape index (κ3) is 1.86. The summed E-state index contributed by atoms with van der Waals surface area (Å²) in [7, 11) is 0. The van der Waals surface area contributed by atoms with Crippen LogP contribution >= 0.6 is 0 Å². The molecule has 0 spiro atoms. The van der Waals surface area contributed by atoms with E-state index in [1.54, 1.807) is 0 Å². The van der Waals surface area contributed by atoms with E-state index in [9.17, 15) is 4.79 Å². The fourth-order valence-corrected chi connectivity index (χ4v) is 2.80. The molecule has 2 aromatic carbocycles. The summed E-state index contributed by atoms with van der Waals surface area (Å²) < 4.78 is 11.4. The number of hydrogen-bond acceptors (Lipinski definition) is 3. The molecule has 4 rings (SSSR count). The van der Waals surface area contributed by atoms with Crippen molar-refractivity contribution in [3.63, 3.8) is 0 Å². The van der Waals surface area contributed by atoms with E-state index in [0.29, 0.717) is 16.9 Å². The number of benzene rings is 2. The molecule has 3 nitrogen and oxygen atoms in total. The number of hydrogen-bond donors (Lipinski definition) is 0. The zero-order valence-corrected chi connectivity index (χ0v) is 12.3. The van der Waals surface area contributed by atoms with E-state index >= 15 is 0 Å². The Morgan fingerprint density at radius 1 is 0.773 bits per heavy atom. The predicted molar refractivity (Wildman–Crippen MR) is 87.2 cm³/mol. The number of aryl methyl sites for hydroxylation is 2. The van der Waals surface area contributed by atoms with Crippen LogP contribution in [0.3, 0.4) is 0 Å². The second-order valence-electron chi connectivity index (χ2n) is 5.54. The van der Waals surface area contributed by atoms with Crippen LogP contribution in [0.4, 0.5) is 0 Å². The van der Waals surface area contributed by atoms with Gasteiger partial charge in [0.05, 0.1) is 0 Å². The standard InChI is InChI=1S/C19H14O3/c1-11-5-4-8-14-10-16(21-17(11)14)15-9-13-7-3-6-12(2)18(13)22-19(15)20/h3-10H,1-2H3. The normalized spacial score (nSPS) is 11.4. The lowest BCUT2D eigenvalue weighted by Gasteiger charge is -2.02. The molecule has 108 valence electrons. The van der Waals surface area contributed by atoms with Gasteiger partial charge in [-0.1, -0.05) is 36.4 Å². The summed E-state index contributed by atoms with van der Waals surface area (Å²) >= 11 is 0. The Kier molecular flexibility index (Phi) is 2.70. The number of rotatable bonds is 1. The first-order valence-electron chi connectivity index (χ1n) is 7.16. The summed E-state index contributed by atoms with van der Waals surface area (Å²) in [6.07, 6.45) is 0. The Bertz CT molecular complexity index is 1070. The van der Waals surface area contributed by atoms with E-state index in [1.807, 2.05) is 62.4 Å². The molecule has 4 aromatic rings. The summed E-state index contributed by atoms with van der Waals surface area (Å²) in [6.45, 7) is 3.91. The first-order valence-corrected chi connectivity index (χ1v) is 7.16. The van der Waals surface area contributed by atoms with Gasteiger partial charge in [-0.05, 0) is 37.1 Å². The highest BCUT2D eigenvalue weighted by atomic mass is 16.4. The maximum atomic E-state index is 12.3. The molecule has 0 unspecified atom stereocenters. The van der Waals surface area contributed by atoms with Crippen LogP contribution in [0.25, 0.3) is 33.3 Å². The highest BCUT2D eigenvalue weighted by molar-refractivity contribution is 5.87. The number of fused-ring (bicyclic) bond motifs is 2. The van der Waals surface area contributed by atoms with Crippen molar-refractivity contribution in [1.82, 2.24) is 0 Å². The van der Waals surface area contributed by atoms with Gasteiger partial charge in [0.25, 0.3) is 0 Å². The van der Waals surface area contributed by atoms with E-state index in [2.05, 4.69) is 0 Å². The Morgan fingerprint density at radius 3 is 2.00 bits per heavy atom. The van der Waals surface area contributed by atoms with E-state index in [1.165, 1.54) is 0 Å². The van der Waals surface area contributed by atoms with Crippen LogP contribution in [0.5, 0.6) is 0 Å². The molecule has 2 aromatic heterocycles. The average Bonchev–Trinajstić information content (AvgIpc) is 2.93. The fourth-order valence-electron chi connectivity index (χ4n) is 2.80. The number of para-hydroxylation sites is 2. The molecule has 0 radical (unpaired) electrons. The minimum absolute atomic E-state index is 0.376. The van der Waals surface area contributed by atoms with Crippen LogP contribution in [-0.2, 0) is 0 Å². The molecule has 0 fully saturated rings. The van der Waals surface area contributed by atoms with Gasteiger partial charge in [-0.25, -0.2) is 4.79 Å². The van der Waals surface area contributed by atoms with Crippen LogP contribution < -0.4 is 5.63 Å². The lowest BCUT2D eigenvalue weighted by Crippen LogP contribution is -2.02. The lowest BCUT2D eigenvalue weighted by molar-refractivity contribution is 0.553. The smallest absolute Gasteiger partial charge is 0.347 e. The van der Waals surface area contributed by atoms with Gasteiger partial charge < -0.3 is 8.83 Å². The third-order valence-electron chi connectivity index (χ3n) is 3.96. The van der Waals surface area contributed by atoms with Crippen molar-refractivity contribution in [2.75, 3.05) is 0 Å². The van der Waals surface area contributed by atoms with Crippen LogP contribution in [-0.4, -0.2) is 0 Å². The van der Waals surface area contributed by atoms with E-state index in [0.717, 1.165) is 27.5 Å².